The van der Waals surface area contributed by atoms with Gasteiger partial charge in [0.05, 0.1) is 12.6 Å². The van der Waals surface area contributed by atoms with Gasteiger partial charge in [-0.2, -0.15) is 13.2 Å². The van der Waals surface area contributed by atoms with Gasteiger partial charge in [0.15, 0.2) is 0 Å². The average Bonchev–Trinajstić information content (AvgIpc) is 2.68. The van der Waals surface area contributed by atoms with E-state index in [1.165, 1.54) is 4.90 Å². The fourth-order valence-electron chi connectivity index (χ4n) is 2.16. The van der Waals surface area contributed by atoms with Gasteiger partial charge in [-0.1, -0.05) is 0 Å². The molecule has 0 aliphatic carbocycles. The van der Waals surface area contributed by atoms with Gasteiger partial charge in [0, 0.05) is 19.5 Å². The number of carbonyl (C=O) groups is 1. The van der Waals surface area contributed by atoms with Gasteiger partial charge >= 0.3 is 6.18 Å². The number of aliphatic hydroxyl groups excluding tert-OH is 1. The molecule has 4 nitrogen and oxygen atoms in total. The monoisotopic (exact) mass is 282 g/mol. The Labute approximate surface area is 111 Å². The van der Waals surface area contributed by atoms with Crippen LogP contribution in [0.1, 0.15) is 26.2 Å². The van der Waals surface area contributed by atoms with Crippen LogP contribution in [0, 0.1) is 5.92 Å². The van der Waals surface area contributed by atoms with E-state index in [4.69, 9.17) is 5.11 Å². The quantitative estimate of drug-likeness (QED) is 0.768. The van der Waals surface area contributed by atoms with Crippen molar-refractivity contribution >= 4 is 5.91 Å². The summed E-state index contributed by atoms with van der Waals surface area (Å²) >= 11 is 0. The molecule has 1 aliphatic heterocycles. The van der Waals surface area contributed by atoms with E-state index < -0.39 is 18.8 Å². The number of aliphatic hydroxyl groups is 1. The molecule has 0 bridgehead atoms. The Balaban J connectivity index is 2.16. The van der Waals surface area contributed by atoms with Crippen LogP contribution < -0.4 is 5.32 Å². The van der Waals surface area contributed by atoms with Gasteiger partial charge in [-0.3, -0.25) is 9.69 Å². The van der Waals surface area contributed by atoms with Crippen LogP contribution >= 0.6 is 0 Å². The van der Waals surface area contributed by atoms with E-state index in [-0.39, 0.29) is 18.2 Å². The molecular weight excluding hydrogens is 261 g/mol. The van der Waals surface area contributed by atoms with E-state index >= 15 is 0 Å². The third-order valence-corrected chi connectivity index (χ3v) is 3.15. The molecule has 112 valence electrons. The smallest absolute Gasteiger partial charge is 0.393 e. The molecule has 2 N–H and O–H groups in total. The number of rotatable bonds is 6. The third-order valence-electron chi connectivity index (χ3n) is 3.15. The Morgan fingerprint density at radius 1 is 1.53 bits per heavy atom. The summed E-state index contributed by atoms with van der Waals surface area (Å²) in [5.74, 6) is -0.0759. The van der Waals surface area contributed by atoms with Crippen LogP contribution in [0.4, 0.5) is 13.2 Å². The van der Waals surface area contributed by atoms with Crippen LogP contribution in [0.5, 0.6) is 0 Å². The number of halogens is 3. The summed E-state index contributed by atoms with van der Waals surface area (Å²) in [5, 5.41) is 11.7. The minimum atomic E-state index is -4.16. The van der Waals surface area contributed by atoms with Crippen molar-refractivity contribution in [3.63, 3.8) is 0 Å². The van der Waals surface area contributed by atoms with Gasteiger partial charge in [0.2, 0.25) is 5.91 Å². The van der Waals surface area contributed by atoms with Crippen molar-refractivity contribution in [2.24, 2.45) is 5.92 Å². The number of alkyl halides is 3. The van der Waals surface area contributed by atoms with Gasteiger partial charge in [-0.05, 0) is 32.2 Å². The zero-order valence-electron chi connectivity index (χ0n) is 11.0. The Morgan fingerprint density at radius 3 is 2.79 bits per heavy atom. The highest BCUT2D eigenvalue weighted by Gasteiger charge is 2.34. The lowest BCUT2D eigenvalue weighted by atomic mass is 10.1. The largest absolute Gasteiger partial charge is 0.401 e. The summed E-state index contributed by atoms with van der Waals surface area (Å²) in [5.41, 5.74) is 0. The third kappa shape index (κ3) is 7.37. The Hall–Kier alpha value is -0.820. The summed E-state index contributed by atoms with van der Waals surface area (Å²) in [4.78, 5) is 12.8. The van der Waals surface area contributed by atoms with E-state index in [9.17, 15) is 18.0 Å². The molecule has 0 aromatic heterocycles. The highest BCUT2D eigenvalue weighted by Crippen LogP contribution is 2.22. The minimum Gasteiger partial charge on any atom is -0.393 e. The number of nitrogens with zero attached hydrogens (tertiary/aromatic N) is 1. The first-order valence-electron chi connectivity index (χ1n) is 6.50. The molecule has 1 amide bonds. The highest BCUT2D eigenvalue weighted by atomic mass is 19.4. The summed E-state index contributed by atoms with van der Waals surface area (Å²) in [6.45, 7) is 1.94. The molecule has 1 aliphatic rings. The summed E-state index contributed by atoms with van der Waals surface area (Å²) in [7, 11) is 0. The molecule has 1 heterocycles. The van der Waals surface area contributed by atoms with Crippen molar-refractivity contribution < 1.29 is 23.1 Å². The normalized spacial score (nSPS) is 22.5. The maximum absolute atomic E-state index is 12.2. The lowest BCUT2D eigenvalue weighted by molar-refractivity contribution is -0.143. The van der Waals surface area contributed by atoms with Crippen LogP contribution in [-0.4, -0.2) is 54.4 Å². The predicted molar refractivity (Wildman–Crippen MR) is 64.5 cm³/mol. The van der Waals surface area contributed by atoms with E-state index in [0.29, 0.717) is 32.5 Å². The molecule has 1 saturated heterocycles. The number of carbonyl (C=O) groups excluding carboxylic acids is 1. The standard InChI is InChI=1S/C12H21F3N2O2/c1-9(18)2-3-11(19)16-6-10-4-5-17(7-10)8-12(13,14)15/h9-10,18H,2-8H2,1H3,(H,16,19). The molecule has 1 fully saturated rings. The molecule has 19 heavy (non-hydrogen) atoms. The average molecular weight is 282 g/mol. The molecular formula is C12H21F3N2O2. The van der Waals surface area contributed by atoms with Crippen molar-refractivity contribution in [1.29, 1.82) is 0 Å². The van der Waals surface area contributed by atoms with E-state index in [1.54, 1.807) is 6.92 Å². The van der Waals surface area contributed by atoms with Gasteiger partial charge < -0.3 is 10.4 Å². The number of hydrogen-bond acceptors (Lipinski definition) is 3. The first-order valence-corrected chi connectivity index (χ1v) is 6.50. The summed E-state index contributed by atoms with van der Waals surface area (Å²) in [6, 6.07) is 0. The fourth-order valence-corrected chi connectivity index (χ4v) is 2.16. The number of nitrogens with one attached hydrogen (secondary N) is 1. The van der Waals surface area contributed by atoms with Crippen LogP contribution in [0.3, 0.4) is 0 Å². The lowest BCUT2D eigenvalue weighted by Gasteiger charge is -2.18. The Bertz CT molecular complexity index is 295. The van der Waals surface area contributed by atoms with Gasteiger partial charge in [-0.25, -0.2) is 0 Å². The Morgan fingerprint density at radius 2 is 2.21 bits per heavy atom. The molecule has 0 radical (unpaired) electrons. The second-order valence-electron chi connectivity index (χ2n) is 5.20. The molecule has 0 spiro atoms. The van der Waals surface area contributed by atoms with Crippen LogP contribution in [0.15, 0.2) is 0 Å². The van der Waals surface area contributed by atoms with E-state index in [0.717, 1.165) is 0 Å². The number of amides is 1. The zero-order chi connectivity index (χ0) is 14.5. The predicted octanol–water partition coefficient (Wildman–Crippen LogP) is 1.15. The minimum absolute atomic E-state index is 0.0813. The van der Waals surface area contributed by atoms with Crippen molar-refractivity contribution in [1.82, 2.24) is 10.2 Å². The van der Waals surface area contributed by atoms with Gasteiger partial charge in [0.25, 0.3) is 0 Å². The van der Waals surface area contributed by atoms with Gasteiger partial charge in [-0.15, -0.1) is 0 Å². The van der Waals surface area contributed by atoms with Gasteiger partial charge in [0.1, 0.15) is 0 Å². The van der Waals surface area contributed by atoms with E-state index in [2.05, 4.69) is 5.32 Å². The maximum atomic E-state index is 12.2. The van der Waals surface area contributed by atoms with Crippen molar-refractivity contribution in [3.8, 4) is 0 Å². The zero-order valence-corrected chi connectivity index (χ0v) is 11.0. The first kappa shape index (κ1) is 16.2. The van der Waals surface area contributed by atoms with Crippen molar-refractivity contribution in [2.75, 3.05) is 26.2 Å². The number of likely N-dealkylation sites (tertiary alicyclic amines) is 1. The Kier molecular flexibility index (Phi) is 6.06. The first-order chi connectivity index (χ1) is 8.76. The van der Waals surface area contributed by atoms with Crippen LogP contribution in [-0.2, 0) is 4.79 Å². The van der Waals surface area contributed by atoms with Crippen LogP contribution in [0.25, 0.3) is 0 Å². The maximum Gasteiger partial charge on any atom is 0.401 e. The molecule has 7 heteroatoms. The summed E-state index contributed by atoms with van der Waals surface area (Å²) in [6.07, 6.45) is -3.35. The van der Waals surface area contributed by atoms with Crippen molar-refractivity contribution in [3.05, 3.63) is 0 Å². The van der Waals surface area contributed by atoms with Crippen molar-refractivity contribution in [2.45, 2.75) is 38.5 Å². The molecule has 2 unspecified atom stereocenters. The lowest BCUT2D eigenvalue weighted by Crippen LogP contribution is -2.34. The molecule has 0 aromatic carbocycles. The summed E-state index contributed by atoms with van der Waals surface area (Å²) < 4.78 is 36.6. The highest BCUT2D eigenvalue weighted by molar-refractivity contribution is 5.75. The fraction of sp³-hybridized carbons (Fsp3) is 0.917. The second-order valence-corrected chi connectivity index (χ2v) is 5.20. The molecule has 2 atom stereocenters. The molecule has 0 saturated carbocycles. The SMILES string of the molecule is CC(O)CCC(=O)NCC1CCN(CC(F)(F)F)C1. The second kappa shape index (κ2) is 7.09. The topological polar surface area (TPSA) is 52.6 Å². The molecule has 0 aromatic rings. The van der Waals surface area contributed by atoms with E-state index in [1.807, 2.05) is 0 Å². The molecule has 1 rings (SSSR count). The van der Waals surface area contributed by atoms with Crippen LogP contribution in [0.2, 0.25) is 0 Å². The number of hydrogen-bond donors (Lipinski definition) is 2.